The molecule has 1 N–H and O–H groups in total. The Balaban J connectivity index is 2.15. The van der Waals surface area contributed by atoms with Gasteiger partial charge in [0.25, 0.3) is 5.56 Å². The average Bonchev–Trinajstić information content (AvgIpc) is 2.39. The summed E-state index contributed by atoms with van der Waals surface area (Å²) in [5, 5.41) is 6.25. The van der Waals surface area contributed by atoms with Crippen LogP contribution in [0, 0.1) is 25.5 Å². The summed E-state index contributed by atoms with van der Waals surface area (Å²) in [5.74, 6) is -2.25. The number of nitrogens with zero attached hydrogens (tertiary/aromatic N) is 2. The third kappa shape index (κ3) is 3.50. The van der Waals surface area contributed by atoms with Gasteiger partial charge in [0, 0.05) is 12.1 Å². The van der Waals surface area contributed by atoms with E-state index in [4.69, 9.17) is 0 Å². The number of halogens is 2. The predicted molar refractivity (Wildman–Crippen MR) is 73.0 cm³/mol. The van der Waals surface area contributed by atoms with E-state index in [1.165, 1.54) is 6.07 Å². The third-order valence-corrected chi connectivity index (χ3v) is 2.93. The van der Waals surface area contributed by atoms with Crippen molar-refractivity contribution in [3.05, 3.63) is 57.5 Å². The molecule has 1 aromatic carbocycles. The number of hydrogen-bond donors (Lipinski definition) is 1. The number of aromatic nitrogens is 2. The maximum Gasteiger partial charge on any atom is 0.267 e. The van der Waals surface area contributed by atoms with Crippen LogP contribution in [-0.2, 0) is 11.3 Å². The van der Waals surface area contributed by atoms with Crippen LogP contribution in [0.15, 0.2) is 29.1 Å². The zero-order valence-electron chi connectivity index (χ0n) is 11.5. The number of hydrogen-bond acceptors (Lipinski definition) is 3. The van der Waals surface area contributed by atoms with Crippen molar-refractivity contribution in [1.29, 1.82) is 0 Å². The zero-order valence-corrected chi connectivity index (χ0v) is 11.5. The van der Waals surface area contributed by atoms with Crippen molar-refractivity contribution in [2.24, 2.45) is 0 Å². The van der Waals surface area contributed by atoms with Crippen LogP contribution in [0.4, 0.5) is 14.5 Å². The Morgan fingerprint density at radius 1 is 1.29 bits per heavy atom. The van der Waals surface area contributed by atoms with E-state index >= 15 is 0 Å². The zero-order chi connectivity index (χ0) is 15.6. The lowest BCUT2D eigenvalue weighted by Crippen LogP contribution is -2.30. The van der Waals surface area contributed by atoms with Gasteiger partial charge in [0.15, 0.2) is 0 Å². The fourth-order valence-electron chi connectivity index (χ4n) is 1.70. The topological polar surface area (TPSA) is 64.0 Å². The van der Waals surface area contributed by atoms with Gasteiger partial charge in [-0.15, -0.1) is 0 Å². The van der Waals surface area contributed by atoms with E-state index < -0.39 is 23.1 Å². The van der Waals surface area contributed by atoms with E-state index in [9.17, 15) is 18.4 Å². The normalized spacial score (nSPS) is 10.5. The van der Waals surface area contributed by atoms with Gasteiger partial charge in [0.05, 0.1) is 11.4 Å². The minimum Gasteiger partial charge on any atom is -0.322 e. The standard InChI is InChI=1S/C14H13F2N3O2/c1-8-5-14(21)19(18-9(8)2)7-13(20)17-12-4-3-10(15)6-11(12)16/h3-6H,7H2,1-2H3,(H,17,20). The van der Waals surface area contributed by atoms with E-state index in [-0.39, 0.29) is 12.2 Å². The quantitative estimate of drug-likeness (QED) is 0.938. The number of carbonyl (C=O) groups excluding carboxylic acids is 1. The van der Waals surface area contributed by atoms with Gasteiger partial charge in [-0.05, 0) is 31.5 Å². The lowest BCUT2D eigenvalue weighted by atomic mass is 10.2. The molecule has 5 nitrogen and oxygen atoms in total. The number of benzene rings is 1. The minimum absolute atomic E-state index is 0.154. The predicted octanol–water partition coefficient (Wildman–Crippen LogP) is 1.78. The van der Waals surface area contributed by atoms with Crippen molar-refractivity contribution in [1.82, 2.24) is 9.78 Å². The molecule has 0 spiro atoms. The van der Waals surface area contributed by atoms with Crippen molar-refractivity contribution in [3.8, 4) is 0 Å². The molecule has 0 aliphatic heterocycles. The Kier molecular flexibility index (Phi) is 4.11. The molecule has 2 aromatic rings. The Labute approximate surface area is 119 Å². The first kappa shape index (κ1) is 14.8. The van der Waals surface area contributed by atoms with E-state index in [0.717, 1.165) is 22.4 Å². The van der Waals surface area contributed by atoms with Crippen LogP contribution < -0.4 is 10.9 Å². The molecule has 7 heteroatoms. The Morgan fingerprint density at radius 2 is 2.00 bits per heavy atom. The summed E-state index contributed by atoms with van der Waals surface area (Å²) >= 11 is 0. The first-order chi connectivity index (χ1) is 9.86. The monoisotopic (exact) mass is 293 g/mol. The summed E-state index contributed by atoms with van der Waals surface area (Å²) in [5.41, 5.74) is 0.766. The van der Waals surface area contributed by atoms with E-state index in [1.54, 1.807) is 13.8 Å². The van der Waals surface area contributed by atoms with Crippen LogP contribution in [0.1, 0.15) is 11.3 Å². The van der Waals surface area contributed by atoms with Crippen LogP contribution in [0.25, 0.3) is 0 Å². The SMILES string of the molecule is Cc1cc(=O)n(CC(=O)Nc2ccc(F)cc2F)nc1C. The molecule has 21 heavy (non-hydrogen) atoms. The molecule has 1 amide bonds. The van der Waals surface area contributed by atoms with E-state index in [0.29, 0.717) is 11.8 Å². The van der Waals surface area contributed by atoms with E-state index in [2.05, 4.69) is 10.4 Å². The second-order valence-electron chi connectivity index (χ2n) is 4.58. The molecule has 0 unspecified atom stereocenters. The molecular formula is C14H13F2N3O2. The highest BCUT2D eigenvalue weighted by atomic mass is 19.1. The van der Waals surface area contributed by atoms with Gasteiger partial charge in [0.2, 0.25) is 5.91 Å². The molecule has 0 atom stereocenters. The van der Waals surface area contributed by atoms with Crippen LogP contribution in [0.5, 0.6) is 0 Å². The van der Waals surface area contributed by atoms with Crippen LogP contribution in [-0.4, -0.2) is 15.7 Å². The molecule has 2 rings (SSSR count). The molecule has 1 heterocycles. The van der Waals surface area contributed by atoms with Gasteiger partial charge in [0.1, 0.15) is 18.2 Å². The van der Waals surface area contributed by atoms with Gasteiger partial charge in [-0.2, -0.15) is 5.10 Å². The smallest absolute Gasteiger partial charge is 0.267 e. The molecule has 0 fully saturated rings. The van der Waals surface area contributed by atoms with Crippen molar-refractivity contribution < 1.29 is 13.6 Å². The summed E-state index contributed by atoms with van der Waals surface area (Å²) in [6.45, 7) is 3.10. The largest absolute Gasteiger partial charge is 0.322 e. The lowest BCUT2D eigenvalue weighted by molar-refractivity contribution is -0.117. The molecule has 0 radical (unpaired) electrons. The number of rotatable bonds is 3. The Bertz CT molecular complexity index is 756. The van der Waals surface area contributed by atoms with Gasteiger partial charge in [-0.1, -0.05) is 0 Å². The van der Waals surface area contributed by atoms with Crippen LogP contribution in [0.3, 0.4) is 0 Å². The van der Waals surface area contributed by atoms with Gasteiger partial charge in [-0.25, -0.2) is 13.5 Å². The fraction of sp³-hybridized carbons (Fsp3) is 0.214. The average molecular weight is 293 g/mol. The van der Waals surface area contributed by atoms with Crippen LogP contribution in [0.2, 0.25) is 0 Å². The number of aryl methyl sites for hydroxylation is 2. The fourth-order valence-corrected chi connectivity index (χ4v) is 1.70. The molecule has 0 saturated heterocycles. The van der Waals surface area contributed by atoms with Crippen molar-refractivity contribution in [2.45, 2.75) is 20.4 Å². The van der Waals surface area contributed by atoms with Crippen molar-refractivity contribution in [2.75, 3.05) is 5.32 Å². The van der Waals surface area contributed by atoms with Crippen LogP contribution >= 0.6 is 0 Å². The molecule has 0 aliphatic rings. The second kappa shape index (κ2) is 5.82. The third-order valence-electron chi connectivity index (χ3n) is 2.93. The maximum absolute atomic E-state index is 13.4. The minimum atomic E-state index is -0.885. The summed E-state index contributed by atoms with van der Waals surface area (Å²) in [4.78, 5) is 23.5. The first-order valence-corrected chi connectivity index (χ1v) is 6.17. The number of anilines is 1. The number of nitrogens with one attached hydrogen (secondary N) is 1. The second-order valence-corrected chi connectivity index (χ2v) is 4.58. The summed E-state index contributed by atoms with van der Waals surface area (Å²) in [6.07, 6.45) is 0. The maximum atomic E-state index is 13.4. The molecule has 0 bridgehead atoms. The Hall–Kier alpha value is -2.57. The highest BCUT2D eigenvalue weighted by Crippen LogP contribution is 2.14. The Morgan fingerprint density at radius 3 is 2.67 bits per heavy atom. The first-order valence-electron chi connectivity index (χ1n) is 6.17. The summed E-state index contributed by atoms with van der Waals surface area (Å²) < 4.78 is 27.2. The number of carbonyl (C=O) groups is 1. The number of amides is 1. The van der Waals surface area contributed by atoms with Gasteiger partial charge >= 0.3 is 0 Å². The molecule has 110 valence electrons. The van der Waals surface area contributed by atoms with Gasteiger partial charge in [-0.3, -0.25) is 9.59 Å². The molecule has 0 aliphatic carbocycles. The molecular weight excluding hydrogens is 280 g/mol. The van der Waals surface area contributed by atoms with E-state index in [1.807, 2.05) is 0 Å². The van der Waals surface area contributed by atoms with Crippen molar-refractivity contribution >= 4 is 11.6 Å². The molecule has 0 saturated carbocycles. The van der Waals surface area contributed by atoms with Gasteiger partial charge < -0.3 is 5.32 Å². The van der Waals surface area contributed by atoms with Crippen molar-refractivity contribution in [3.63, 3.8) is 0 Å². The highest BCUT2D eigenvalue weighted by Gasteiger charge is 2.10. The summed E-state index contributed by atoms with van der Waals surface area (Å²) in [7, 11) is 0. The highest BCUT2D eigenvalue weighted by molar-refractivity contribution is 5.90. The lowest BCUT2D eigenvalue weighted by Gasteiger charge is -2.09. The summed E-state index contributed by atoms with van der Waals surface area (Å²) in [6, 6.07) is 4.17. The molecule has 1 aromatic heterocycles.